The first-order chi connectivity index (χ1) is 13.1. The largest absolute Gasteiger partial charge is 0.478 e. The fourth-order valence-electron chi connectivity index (χ4n) is 3.09. The van der Waals surface area contributed by atoms with Crippen molar-refractivity contribution in [3.8, 4) is 27.9 Å². The predicted molar refractivity (Wildman–Crippen MR) is 101 cm³/mol. The number of fused-ring (bicyclic) bond motifs is 1. The van der Waals surface area contributed by atoms with Crippen molar-refractivity contribution in [1.29, 1.82) is 5.26 Å². The molecule has 4 N–H and O–H groups in total. The zero-order chi connectivity index (χ0) is 19.0. The molecule has 1 aliphatic heterocycles. The molecule has 0 fully saturated rings. The van der Waals surface area contributed by atoms with Crippen LogP contribution in [-0.2, 0) is 13.1 Å². The van der Waals surface area contributed by atoms with E-state index >= 15 is 0 Å². The third kappa shape index (κ3) is 3.16. The zero-order valence-electron chi connectivity index (χ0n) is 14.3. The van der Waals surface area contributed by atoms with Gasteiger partial charge in [0, 0.05) is 24.0 Å². The number of nitrogen functional groups attached to an aromatic ring is 1. The van der Waals surface area contributed by atoms with Gasteiger partial charge in [-0.1, -0.05) is 0 Å². The van der Waals surface area contributed by atoms with Gasteiger partial charge in [-0.2, -0.15) is 10.4 Å². The number of carboxylic acid groups (broad SMARTS) is 1. The molecule has 0 amide bonds. The van der Waals surface area contributed by atoms with E-state index in [2.05, 4.69) is 21.5 Å². The Morgan fingerprint density at radius 1 is 1.37 bits per heavy atom. The number of thiophene rings is 1. The number of aryl methyl sites for hydroxylation is 1. The molecular weight excluding hydrogens is 364 g/mol. The average molecular weight is 380 g/mol. The summed E-state index contributed by atoms with van der Waals surface area (Å²) in [4.78, 5) is 16.1. The highest BCUT2D eigenvalue weighted by molar-refractivity contribution is 7.13. The summed E-state index contributed by atoms with van der Waals surface area (Å²) in [6.07, 6.45) is 0.982. The van der Waals surface area contributed by atoms with E-state index in [0.29, 0.717) is 21.8 Å². The van der Waals surface area contributed by atoms with Crippen molar-refractivity contribution in [3.05, 3.63) is 40.4 Å². The van der Waals surface area contributed by atoms with Crippen LogP contribution in [0, 0.1) is 11.3 Å². The van der Waals surface area contributed by atoms with Crippen LogP contribution >= 0.6 is 11.3 Å². The highest BCUT2D eigenvalue weighted by Gasteiger charge is 2.19. The van der Waals surface area contributed by atoms with Gasteiger partial charge in [0.1, 0.15) is 17.5 Å². The number of hydrogen-bond acceptors (Lipinski definition) is 7. The minimum atomic E-state index is -0.996. The molecule has 0 radical (unpaired) electrons. The molecule has 3 aromatic heterocycles. The van der Waals surface area contributed by atoms with Crippen LogP contribution in [-0.4, -0.2) is 32.4 Å². The number of anilines is 1. The van der Waals surface area contributed by atoms with Crippen LogP contribution in [0.2, 0.25) is 0 Å². The van der Waals surface area contributed by atoms with Gasteiger partial charge < -0.3 is 16.2 Å². The summed E-state index contributed by atoms with van der Waals surface area (Å²) in [7, 11) is 0. The number of nitrogens with one attached hydrogen (secondary N) is 1. The van der Waals surface area contributed by atoms with Gasteiger partial charge in [0.05, 0.1) is 27.5 Å². The van der Waals surface area contributed by atoms with Gasteiger partial charge in [-0.25, -0.2) is 9.78 Å². The number of nitriles is 1. The number of pyridine rings is 1. The molecule has 9 heteroatoms. The Bertz CT molecular complexity index is 1050. The van der Waals surface area contributed by atoms with E-state index in [1.54, 1.807) is 17.5 Å². The summed E-state index contributed by atoms with van der Waals surface area (Å²) in [5.41, 5.74) is 9.34. The molecule has 0 saturated heterocycles. The quantitative estimate of drug-likeness (QED) is 0.635. The van der Waals surface area contributed by atoms with Gasteiger partial charge in [0.15, 0.2) is 0 Å². The van der Waals surface area contributed by atoms with Crippen molar-refractivity contribution in [2.45, 2.75) is 19.5 Å². The standard InChI is InChI=1S/C18H16N6O2S/c19-7-13-12(14-5-11-8-21-2-1-3-24(11)23-14)6-15(22-17(13)20)16-4-10(9-27-16)18(25)26/h4-6,9,21H,1-3,8H2,(H2,20,22)(H,25,26). The topological polar surface area (TPSA) is 130 Å². The lowest BCUT2D eigenvalue weighted by atomic mass is 10.0. The zero-order valence-corrected chi connectivity index (χ0v) is 15.1. The molecule has 27 heavy (non-hydrogen) atoms. The SMILES string of the molecule is N#Cc1c(-c2cc3n(n2)CCCNC3)cc(-c2cc(C(=O)O)cs2)nc1N. The molecule has 0 spiro atoms. The molecule has 3 aromatic rings. The van der Waals surface area contributed by atoms with Crippen molar-refractivity contribution >= 4 is 23.1 Å². The Labute approximate surface area is 158 Å². The molecule has 0 aromatic carbocycles. The third-order valence-corrected chi connectivity index (χ3v) is 5.38. The highest BCUT2D eigenvalue weighted by atomic mass is 32.1. The van der Waals surface area contributed by atoms with Crippen LogP contribution in [0.5, 0.6) is 0 Å². The van der Waals surface area contributed by atoms with Crippen molar-refractivity contribution in [2.75, 3.05) is 12.3 Å². The van der Waals surface area contributed by atoms with E-state index < -0.39 is 5.97 Å². The number of hydrogen-bond donors (Lipinski definition) is 3. The summed E-state index contributed by atoms with van der Waals surface area (Å²) in [5.74, 6) is -0.888. The van der Waals surface area contributed by atoms with Gasteiger partial charge in [-0.3, -0.25) is 4.68 Å². The molecule has 8 nitrogen and oxygen atoms in total. The number of nitrogens with zero attached hydrogens (tertiary/aromatic N) is 4. The molecule has 4 heterocycles. The van der Waals surface area contributed by atoms with E-state index in [1.165, 1.54) is 11.3 Å². The molecule has 0 saturated carbocycles. The minimum Gasteiger partial charge on any atom is -0.478 e. The lowest BCUT2D eigenvalue weighted by molar-refractivity contribution is 0.0697. The molecule has 1 aliphatic rings. The number of rotatable bonds is 3. The summed E-state index contributed by atoms with van der Waals surface area (Å²) in [6.45, 7) is 2.47. The van der Waals surface area contributed by atoms with E-state index in [-0.39, 0.29) is 16.9 Å². The van der Waals surface area contributed by atoms with E-state index in [9.17, 15) is 10.1 Å². The van der Waals surface area contributed by atoms with E-state index in [0.717, 1.165) is 31.7 Å². The monoisotopic (exact) mass is 380 g/mol. The van der Waals surface area contributed by atoms with E-state index in [4.69, 9.17) is 10.8 Å². The minimum absolute atomic E-state index is 0.108. The van der Waals surface area contributed by atoms with Gasteiger partial charge in [-0.05, 0) is 31.2 Å². The molecule has 136 valence electrons. The van der Waals surface area contributed by atoms with Crippen LogP contribution < -0.4 is 11.1 Å². The predicted octanol–water partition coefficient (Wildman–Crippen LogP) is 2.32. The summed E-state index contributed by atoms with van der Waals surface area (Å²) < 4.78 is 1.94. The Morgan fingerprint density at radius 3 is 2.96 bits per heavy atom. The van der Waals surface area contributed by atoms with Crippen molar-refractivity contribution in [1.82, 2.24) is 20.1 Å². The summed E-state index contributed by atoms with van der Waals surface area (Å²) >= 11 is 1.27. The van der Waals surface area contributed by atoms with Crippen LogP contribution in [0.4, 0.5) is 5.82 Å². The second-order valence-corrected chi connectivity index (χ2v) is 7.12. The molecule has 4 rings (SSSR count). The lowest BCUT2D eigenvalue weighted by Gasteiger charge is -2.07. The van der Waals surface area contributed by atoms with Gasteiger partial charge in [0.2, 0.25) is 0 Å². The second kappa shape index (κ2) is 6.83. The first-order valence-electron chi connectivity index (χ1n) is 8.37. The first-order valence-corrected chi connectivity index (χ1v) is 9.25. The molecular formula is C18H16N6O2S. The average Bonchev–Trinajstić information content (AvgIpc) is 3.24. The van der Waals surface area contributed by atoms with Gasteiger partial charge in [-0.15, -0.1) is 11.3 Å². The smallest absolute Gasteiger partial charge is 0.336 e. The number of nitrogens with two attached hydrogens (primary N) is 1. The number of carbonyl (C=O) groups is 1. The first kappa shape index (κ1) is 17.2. The van der Waals surface area contributed by atoms with Crippen LogP contribution in [0.25, 0.3) is 21.8 Å². The lowest BCUT2D eigenvalue weighted by Crippen LogP contribution is -2.11. The normalized spacial score (nSPS) is 13.6. The Kier molecular flexibility index (Phi) is 4.35. The Hall–Kier alpha value is -3.22. The van der Waals surface area contributed by atoms with Crippen molar-refractivity contribution in [3.63, 3.8) is 0 Å². The number of aromatic carboxylic acids is 1. The van der Waals surface area contributed by atoms with Crippen molar-refractivity contribution in [2.24, 2.45) is 0 Å². The van der Waals surface area contributed by atoms with Crippen LogP contribution in [0.3, 0.4) is 0 Å². The Balaban J connectivity index is 1.83. The summed E-state index contributed by atoms with van der Waals surface area (Å²) in [5, 5.41) is 28.2. The van der Waals surface area contributed by atoms with Gasteiger partial charge in [0.25, 0.3) is 0 Å². The Morgan fingerprint density at radius 2 is 2.22 bits per heavy atom. The maximum atomic E-state index is 11.1. The number of aromatic nitrogens is 3. The third-order valence-electron chi connectivity index (χ3n) is 4.43. The maximum Gasteiger partial charge on any atom is 0.336 e. The van der Waals surface area contributed by atoms with Crippen LogP contribution in [0.1, 0.15) is 28.0 Å². The van der Waals surface area contributed by atoms with Crippen LogP contribution in [0.15, 0.2) is 23.6 Å². The highest BCUT2D eigenvalue weighted by Crippen LogP contribution is 2.33. The fourth-order valence-corrected chi connectivity index (χ4v) is 3.93. The fraction of sp³-hybridized carbons (Fsp3) is 0.222. The second-order valence-electron chi connectivity index (χ2n) is 6.21. The molecule has 0 aliphatic carbocycles. The summed E-state index contributed by atoms with van der Waals surface area (Å²) in [6, 6.07) is 7.37. The van der Waals surface area contributed by atoms with Crippen molar-refractivity contribution < 1.29 is 9.90 Å². The number of carboxylic acids is 1. The maximum absolute atomic E-state index is 11.1. The molecule has 0 bridgehead atoms. The molecule has 0 unspecified atom stereocenters. The van der Waals surface area contributed by atoms with E-state index in [1.807, 2.05) is 10.7 Å². The molecule has 0 atom stereocenters. The van der Waals surface area contributed by atoms with Gasteiger partial charge >= 0.3 is 5.97 Å².